The molecule has 2 rings (SSSR count). The number of rotatable bonds is 2. The Bertz CT molecular complexity index is 530. The first-order valence-electron chi connectivity index (χ1n) is 4.26. The fraction of sp³-hybridized carbons (Fsp3) is 0.100. The third-order valence-corrected chi connectivity index (χ3v) is 3.83. The SMILES string of the molecule is COc1c(Cl)cc(Cl)cc1-c1csc(Br)n1. The molecule has 0 unspecified atom stereocenters. The van der Waals surface area contributed by atoms with Crippen LogP contribution in [0.15, 0.2) is 21.4 Å². The number of benzene rings is 1. The summed E-state index contributed by atoms with van der Waals surface area (Å²) in [5.74, 6) is 0.587. The van der Waals surface area contributed by atoms with Crippen LogP contribution >= 0.6 is 50.5 Å². The van der Waals surface area contributed by atoms with Gasteiger partial charge in [0.25, 0.3) is 0 Å². The van der Waals surface area contributed by atoms with Gasteiger partial charge < -0.3 is 4.74 Å². The maximum Gasteiger partial charge on any atom is 0.159 e. The molecule has 2 aromatic rings. The maximum atomic E-state index is 6.05. The summed E-state index contributed by atoms with van der Waals surface area (Å²) in [7, 11) is 1.57. The number of ether oxygens (including phenoxy) is 1. The molecule has 16 heavy (non-hydrogen) atoms. The Morgan fingerprint density at radius 1 is 1.38 bits per heavy atom. The van der Waals surface area contributed by atoms with Crippen LogP contribution in [0, 0.1) is 0 Å². The van der Waals surface area contributed by atoms with Gasteiger partial charge in [-0.25, -0.2) is 4.98 Å². The molecule has 0 bridgehead atoms. The first-order valence-corrected chi connectivity index (χ1v) is 6.69. The Balaban J connectivity index is 2.63. The van der Waals surface area contributed by atoms with Crippen LogP contribution in [0.5, 0.6) is 5.75 Å². The number of methoxy groups -OCH3 is 1. The summed E-state index contributed by atoms with van der Waals surface area (Å²) < 4.78 is 6.06. The summed E-state index contributed by atoms with van der Waals surface area (Å²) in [4.78, 5) is 4.31. The van der Waals surface area contributed by atoms with Crippen molar-refractivity contribution in [2.45, 2.75) is 0 Å². The Morgan fingerprint density at radius 2 is 2.12 bits per heavy atom. The van der Waals surface area contributed by atoms with Crippen molar-refractivity contribution in [1.82, 2.24) is 4.98 Å². The lowest BCUT2D eigenvalue weighted by atomic mass is 10.1. The number of hydrogen-bond acceptors (Lipinski definition) is 3. The molecule has 0 saturated heterocycles. The van der Waals surface area contributed by atoms with E-state index < -0.39 is 0 Å². The topological polar surface area (TPSA) is 22.1 Å². The van der Waals surface area contributed by atoms with E-state index in [1.807, 2.05) is 5.38 Å². The largest absolute Gasteiger partial charge is 0.494 e. The molecule has 0 aliphatic carbocycles. The highest BCUT2D eigenvalue weighted by Crippen LogP contribution is 2.39. The fourth-order valence-corrected chi connectivity index (χ4v) is 2.92. The average molecular weight is 339 g/mol. The first-order chi connectivity index (χ1) is 7.61. The molecule has 1 aromatic carbocycles. The zero-order chi connectivity index (χ0) is 11.7. The molecule has 0 amide bonds. The van der Waals surface area contributed by atoms with Crippen molar-refractivity contribution in [2.75, 3.05) is 7.11 Å². The molecule has 0 spiro atoms. The molecule has 0 aliphatic rings. The molecule has 6 heteroatoms. The van der Waals surface area contributed by atoms with Crippen molar-refractivity contribution < 1.29 is 4.74 Å². The Labute approximate surface area is 115 Å². The normalized spacial score (nSPS) is 10.5. The lowest BCUT2D eigenvalue weighted by Crippen LogP contribution is -1.89. The highest BCUT2D eigenvalue weighted by Gasteiger charge is 2.13. The standard InChI is InChI=1S/C10H6BrCl2NOS/c1-15-9-6(2-5(12)3-7(9)13)8-4-16-10(11)14-8/h2-4H,1H3. The summed E-state index contributed by atoms with van der Waals surface area (Å²) in [6.07, 6.45) is 0. The van der Waals surface area contributed by atoms with E-state index in [-0.39, 0.29) is 0 Å². The quantitative estimate of drug-likeness (QED) is 0.777. The van der Waals surface area contributed by atoms with Gasteiger partial charge in [0, 0.05) is 16.0 Å². The van der Waals surface area contributed by atoms with Crippen LogP contribution < -0.4 is 4.74 Å². The number of hydrogen-bond donors (Lipinski definition) is 0. The second kappa shape index (κ2) is 4.92. The second-order valence-corrected chi connectivity index (χ2v) is 5.93. The monoisotopic (exact) mass is 337 g/mol. The Morgan fingerprint density at radius 3 is 2.69 bits per heavy atom. The molecule has 1 heterocycles. The van der Waals surface area contributed by atoms with Crippen LogP contribution in [0.1, 0.15) is 0 Å². The van der Waals surface area contributed by atoms with Gasteiger partial charge >= 0.3 is 0 Å². The van der Waals surface area contributed by atoms with Gasteiger partial charge in [-0.05, 0) is 28.1 Å². The van der Waals surface area contributed by atoms with Crippen molar-refractivity contribution in [1.29, 1.82) is 0 Å². The molecule has 84 valence electrons. The predicted molar refractivity (Wildman–Crippen MR) is 71.8 cm³/mol. The molecule has 0 fully saturated rings. The Kier molecular flexibility index (Phi) is 3.74. The second-order valence-electron chi connectivity index (χ2n) is 2.95. The van der Waals surface area contributed by atoms with Crippen LogP contribution in [0.25, 0.3) is 11.3 Å². The predicted octanol–water partition coefficient (Wildman–Crippen LogP) is 4.89. The number of aromatic nitrogens is 1. The van der Waals surface area contributed by atoms with E-state index in [0.29, 0.717) is 15.8 Å². The molecule has 2 nitrogen and oxygen atoms in total. The molecule has 0 aliphatic heterocycles. The molecular formula is C10H6BrCl2NOS. The van der Waals surface area contributed by atoms with Gasteiger partial charge in [-0.1, -0.05) is 23.2 Å². The van der Waals surface area contributed by atoms with Gasteiger partial charge in [0.1, 0.15) is 5.75 Å². The molecular weight excluding hydrogens is 333 g/mol. The van der Waals surface area contributed by atoms with E-state index in [9.17, 15) is 0 Å². The minimum Gasteiger partial charge on any atom is -0.494 e. The minimum atomic E-state index is 0.481. The van der Waals surface area contributed by atoms with Crippen LogP contribution in [-0.2, 0) is 0 Å². The number of thiazole rings is 1. The first kappa shape index (κ1) is 12.2. The highest BCUT2D eigenvalue weighted by molar-refractivity contribution is 9.11. The van der Waals surface area contributed by atoms with Crippen LogP contribution in [0.3, 0.4) is 0 Å². The van der Waals surface area contributed by atoms with Crippen LogP contribution in [-0.4, -0.2) is 12.1 Å². The van der Waals surface area contributed by atoms with E-state index in [0.717, 1.165) is 15.2 Å². The molecule has 1 aromatic heterocycles. The van der Waals surface area contributed by atoms with Gasteiger partial charge in [0.15, 0.2) is 3.92 Å². The van der Waals surface area contributed by atoms with Gasteiger partial charge in [-0.2, -0.15) is 0 Å². The van der Waals surface area contributed by atoms with E-state index in [1.165, 1.54) is 11.3 Å². The summed E-state index contributed by atoms with van der Waals surface area (Å²) in [5.41, 5.74) is 1.58. The summed E-state index contributed by atoms with van der Waals surface area (Å²) in [6, 6.07) is 3.43. The fourth-order valence-electron chi connectivity index (χ4n) is 1.33. The summed E-state index contributed by atoms with van der Waals surface area (Å²) in [6.45, 7) is 0. The third-order valence-electron chi connectivity index (χ3n) is 1.96. The maximum absolute atomic E-state index is 6.05. The average Bonchev–Trinajstić information content (AvgIpc) is 2.63. The van der Waals surface area contributed by atoms with Gasteiger partial charge in [0.2, 0.25) is 0 Å². The van der Waals surface area contributed by atoms with Crippen molar-refractivity contribution in [3.63, 3.8) is 0 Å². The molecule has 0 atom stereocenters. The third kappa shape index (κ3) is 2.35. The summed E-state index contributed by atoms with van der Waals surface area (Å²) >= 11 is 16.8. The van der Waals surface area contributed by atoms with E-state index in [2.05, 4.69) is 20.9 Å². The lowest BCUT2D eigenvalue weighted by Gasteiger charge is -2.08. The molecule has 0 saturated carbocycles. The van der Waals surface area contributed by atoms with Crippen molar-refractivity contribution >= 4 is 50.5 Å². The highest BCUT2D eigenvalue weighted by atomic mass is 79.9. The van der Waals surface area contributed by atoms with Crippen molar-refractivity contribution in [3.05, 3.63) is 31.5 Å². The van der Waals surface area contributed by atoms with Gasteiger partial charge in [0.05, 0.1) is 17.8 Å². The number of halogens is 3. The van der Waals surface area contributed by atoms with E-state index in [1.54, 1.807) is 19.2 Å². The Hall–Kier alpha value is -0.290. The van der Waals surface area contributed by atoms with Gasteiger partial charge in [-0.15, -0.1) is 11.3 Å². The van der Waals surface area contributed by atoms with Crippen LogP contribution in [0.4, 0.5) is 0 Å². The molecule has 0 radical (unpaired) electrons. The van der Waals surface area contributed by atoms with E-state index in [4.69, 9.17) is 27.9 Å². The zero-order valence-electron chi connectivity index (χ0n) is 8.13. The lowest BCUT2D eigenvalue weighted by molar-refractivity contribution is 0.416. The van der Waals surface area contributed by atoms with Crippen molar-refractivity contribution in [3.8, 4) is 17.0 Å². The van der Waals surface area contributed by atoms with Crippen molar-refractivity contribution in [2.24, 2.45) is 0 Å². The number of nitrogens with zero attached hydrogens (tertiary/aromatic N) is 1. The van der Waals surface area contributed by atoms with E-state index >= 15 is 0 Å². The minimum absolute atomic E-state index is 0.481. The summed E-state index contributed by atoms with van der Waals surface area (Å²) in [5, 5.41) is 2.95. The zero-order valence-corrected chi connectivity index (χ0v) is 12.0. The molecule has 0 N–H and O–H groups in total. The smallest absolute Gasteiger partial charge is 0.159 e. The van der Waals surface area contributed by atoms with Crippen LogP contribution in [0.2, 0.25) is 10.0 Å². The van der Waals surface area contributed by atoms with Gasteiger partial charge in [-0.3, -0.25) is 0 Å².